The Kier molecular flexibility index (Phi) is 3.14. The molecule has 0 aliphatic heterocycles. The fourth-order valence-corrected chi connectivity index (χ4v) is 1.05. The van der Waals surface area contributed by atoms with Gasteiger partial charge in [0.1, 0.15) is 0 Å². The molecule has 1 rings (SSSR count). The maximum absolute atomic E-state index is 5.59. The number of nitrogens with two attached hydrogens (primary N) is 2. The van der Waals surface area contributed by atoms with E-state index in [0.717, 1.165) is 16.7 Å². The van der Waals surface area contributed by atoms with Gasteiger partial charge >= 0.3 is 7.48 Å². The standard InChI is InChI=1S/C8H13BN2O/c1-6-4-7(11)2-3-8(6)9-12-5-10/h2-4,9H,5,10-11H2,1H3. The van der Waals surface area contributed by atoms with Gasteiger partial charge in [0.05, 0.1) is 6.73 Å². The molecule has 0 unspecified atom stereocenters. The van der Waals surface area contributed by atoms with Crippen molar-refractivity contribution in [2.24, 2.45) is 5.73 Å². The van der Waals surface area contributed by atoms with Crippen molar-refractivity contribution >= 4 is 18.6 Å². The molecule has 0 heterocycles. The first-order chi connectivity index (χ1) is 5.74. The largest absolute Gasteiger partial charge is 0.422 e. The lowest BCUT2D eigenvalue weighted by atomic mass is 9.84. The van der Waals surface area contributed by atoms with E-state index in [2.05, 4.69) is 0 Å². The van der Waals surface area contributed by atoms with Crippen molar-refractivity contribution in [2.45, 2.75) is 6.92 Å². The molecule has 0 spiro atoms. The first kappa shape index (κ1) is 9.10. The molecule has 3 nitrogen and oxygen atoms in total. The van der Waals surface area contributed by atoms with Crippen molar-refractivity contribution in [3.63, 3.8) is 0 Å². The minimum absolute atomic E-state index is 0.254. The van der Waals surface area contributed by atoms with Gasteiger partial charge in [-0.15, -0.1) is 0 Å². The first-order valence-electron chi connectivity index (χ1n) is 3.87. The highest BCUT2D eigenvalue weighted by Gasteiger charge is 1.99. The molecule has 0 atom stereocenters. The second kappa shape index (κ2) is 4.14. The molecule has 4 N–H and O–H groups in total. The molecule has 64 valence electrons. The van der Waals surface area contributed by atoms with Crippen molar-refractivity contribution in [1.29, 1.82) is 0 Å². The van der Waals surface area contributed by atoms with Gasteiger partial charge in [-0.25, -0.2) is 0 Å². The molecule has 4 heteroatoms. The summed E-state index contributed by atoms with van der Waals surface area (Å²) in [7, 11) is 0.558. The zero-order chi connectivity index (χ0) is 8.97. The van der Waals surface area contributed by atoms with Crippen LogP contribution in [0.1, 0.15) is 5.56 Å². The molecule has 0 aromatic heterocycles. The molecular weight excluding hydrogens is 151 g/mol. The lowest BCUT2D eigenvalue weighted by molar-refractivity contribution is 0.355. The van der Waals surface area contributed by atoms with Crippen LogP contribution in [-0.2, 0) is 4.65 Å². The van der Waals surface area contributed by atoms with E-state index in [0.29, 0.717) is 7.48 Å². The van der Waals surface area contributed by atoms with Crippen LogP contribution in [0.15, 0.2) is 18.2 Å². The molecular formula is C8H13BN2O. The smallest absolute Gasteiger partial charge is 0.310 e. The Morgan fingerprint density at radius 2 is 2.25 bits per heavy atom. The lowest BCUT2D eigenvalue weighted by Crippen LogP contribution is -2.23. The van der Waals surface area contributed by atoms with Crippen LogP contribution in [-0.4, -0.2) is 14.2 Å². The normalized spacial score (nSPS) is 9.83. The van der Waals surface area contributed by atoms with E-state index in [9.17, 15) is 0 Å². The van der Waals surface area contributed by atoms with Crippen LogP contribution < -0.4 is 16.9 Å². The molecule has 0 amide bonds. The van der Waals surface area contributed by atoms with E-state index < -0.39 is 0 Å². The molecule has 1 aromatic rings. The highest BCUT2D eigenvalue weighted by molar-refractivity contribution is 6.47. The maximum Gasteiger partial charge on any atom is 0.310 e. The summed E-state index contributed by atoms with van der Waals surface area (Å²) >= 11 is 0. The number of hydrogen-bond acceptors (Lipinski definition) is 3. The van der Waals surface area contributed by atoms with Gasteiger partial charge in [0.2, 0.25) is 0 Å². The summed E-state index contributed by atoms with van der Waals surface area (Å²) in [4.78, 5) is 0. The predicted octanol–water partition coefficient (Wildman–Crippen LogP) is -0.513. The van der Waals surface area contributed by atoms with Gasteiger partial charge in [0.15, 0.2) is 0 Å². The van der Waals surface area contributed by atoms with Crippen LogP contribution >= 0.6 is 0 Å². The van der Waals surface area contributed by atoms with Gasteiger partial charge in [-0.1, -0.05) is 11.6 Å². The molecule has 0 fully saturated rings. The van der Waals surface area contributed by atoms with E-state index in [-0.39, 0.29) is 6.73 Å². The second-order valence-electron chi connectivity index (χ2n) is 2.70. The Hall–Kier alpha value is -0.995. The van der Waals surface area contributed by atoms with Crippen molar-refractivity contribution in [3.05, 3.63) is 23.8 Å². The molecule has 0 aliphatic rings. The summed E-state index contributed by atoms with van der Waals surface area (Å²) in [5.41, 5.74) is 13.9. The molecule has 0 saturated carbocycles. The Labute approximate surface area is 73.0 Å². The fourth-order valence-electron chi connectivity index (χ4n) is 1.05. The van der Waals surface area contributed by atoms with Crippen molar-refractivity contribution in [2.75, 3.05) is 12.5 Å². The number of hydrogen-bond donors (Lipinski definition) is 2. The minimum Gasteiger partial charge on any atom is -0.422 e. The molecule has 0 radical (unpaired) electrons. The summed E-state index contributed by atoms with van der Waals surface area (Å²) in [5.74, 6) is 0. The molecule has 0 aliphatic carbocycles. The zero-order valence-corrected chi connectivity index (χ0v) is 7.21. The van der Waals surface area contributed by atoms with E-state index in [1.54, 1.807) is 0 Å². The third-order valence-corrected chi connectivity index (χ3v) is 1.74. The van der Waals surface area contributed by atoms with Gasteiger partial charge in [-0.05, 0) is 24.5 Å². The third kappa shape index (κ3) is 2.25. The summed E-state index contributed by atoms with van der Waals surface area (Å²) < 4.78 is 5.08. The topological polar surface area (TPSA) is 61.3 Å². The highest BCUT2D eigenvalue weighted by atomic mass is 16.4. The van der Waals surface area contributed by atoms with Crippen molar-refractivity contribution in [1.82, 2.24) is 0 Å². The van der Waals surface area contributed by atoms with Gasteiger partial charge in [-0.3, -0.25) is 0 Å². The van der Waals surface area contributed by atoms with Crippen molar-refractivity contribution < 1.29 is 4.65 Å². The monoisotopic (exact) mass is 164 g/mol. The summed E-state index contributed by atoms with van der Waals surface area (Å²) in [6.45, 7) is 2.26. The maximum atomic E-state index is 5.59. The average Bonchev–Trinajstić information content (AvgIpc) is 2.03. The van der Waals surface area contributed by atoms with Crippen LogP contribution in [0, 0.1) is 6.92 Å². The first-order valence-corrected chi connectivity index (χ1v) is 3.87. The van der Waals surface area contributed by atoms with Gasteiger partial charge < -0.3 is 16.1 Å². The second-order valence-corrected chi connectivity index (χ2v) is 2.70. The van der Waals surface area contributed by atoms with E-state index in [1.165, 1.54) is 0 Å². The summed E-state index contributed by atoms with van der Waals surface area (Å²) in [6.07, 6.45) is 0. The van der Waals surface area contributed by atoms with Gasteiger partial charge in [0.25, 0.3) is 0 Å². The molecule has 12 heavy (non-hydrogen) atoms. The van der Waals surface area contributed by atoms with Crippen LogP contribution in [0.25, 0.3) is 0 Å². The Bertz CT molecular complexity index is 265. The summed E-state index contributed by atoms with van der Waals surface area (Å²) in [6, 6.07) is 5.75. The minimum atomic E-state index is 0.254. The number of anilines is 1. The predicted molar refractivity (Wildman–Crippen MR) is 52.5 cm³/mol. The number of benzene rings is 1. The Morgan fingerprint density at radius 1 is 1.50 bits per heavy atom. The molecule has 0 saturated heterocycles. The summed E-state index contributed by atoms with van der Waals surface area (Å²) in [5, 5.41) is 0. The quantitative estimate of drug-likeness (QED) is 0.359. The lowest BCUT2D eigenvalue weighted by Gasteiger charge is -2.04. The van der Waals surface area contributed by atoms with E-state index >= 15 is 0 Å². The third-order valence-electron chi connectivity index (χ3n) is 1.74. The van der Waals surface area contributed by atoms with Crippen LogP contribution in [0.2, 0.25) is 0 Å². The van der Waals surface area contributed by atoms with Crippen LogP contribution in [0.4, 0.5) is 5.69 Å². The van der Waals surface area contributed by atoms with Crippen LogP contribution in [0.5, 0.6) is 0 Å². The van der Waals surface area contributed by atoms with E-state index in [4.69, 9.17) is 16.1 Å². The van der Waals surface area contributed by atoms with Crippen LogP contribution in [0.3, 0.4) is 0 Å². The Morgan fingerprint density at radius 3 is 2.83 bits per heavy atom. The number of aryl methyl sites for hydroxylation is 1. The van der Waals surface area contributed by atoms with Crippen molar-refractivity contribution in [3.8, 4) is 0 Å². The Balaban J connectivity index is 2.72. The number of nitrogen functional groups attached to an aromatic ring is 1. The SMILES string of the molecule is Cc1cc(N)ccc1BOCN. The molecule has 1 aromatic carbocycles. The van der Waals surface area contributed by atoms with E-state index in [1.807, 2.05) is 25.1 Å². The zero-order valence-electron chi connectivity index (χ0n) is 7.21. The number of rotatable bonds is 3. The fraction of sp³-hybridized carbons (Fsp3) is 0.250. The highest BCUT2D eigenvalue weighted by Crippen LogP contribution is 2.02. The average molecular weight is 164 g/mol. The van der Waals surface area contributed by atoms with Gasteiger partial charge in [-0.2, -0.15) is 0 Å². The van der Waals surface area contributed by atoms with Gasteiger partial charge in [0, 0.05) is 5.69 Å². The molecule has 0 bridgehead atoms.